The van der Waals surface area contributed by atoms with E-state index in [4.69, 9.17) is 9.47 Å². The smallest absolute Gasteiger partial charge is 0.126 e. The molecule has 2 aromatic carbocycles. The summed E-state index contributed by atoms with van der Waals surface area (Å²) in [7, 11) is 0. The molecule has 18 heavy (non-hydrogen) atoms. The maximum atomic E-state index is 12.9. The number of para-hydroxylation sites is 1. The van der Waals surface area contributed by atoms with Crippen LogP contribution in [0.4, 0.5) is 4.39 Å². The molecule has 0 heterocycles. The Morgan fingerprint density at radius 2 is 1.44 bits per heavy atom. The van der Waals surface area contributed by atoms with Crippen LogP contribution in [0.3, 0.4) is 0 Å². The molecule has 0 fully saturated rings. The van der Waals surface area contributed by atoms with Crippen LogP contribution in [0, 0.1) is 5.82 Å². The van der Waals surface area contributed by atoms with Crippen LogP contribution in [0.15, 0.2) is 54.6 Å². The number of benzene rings is 2. The van der Waals surface area contributed by atoms with Crippen LogP contribution in [-0.2, 0) is 0 Å². The van der Waals surface area contributed by atoms with Crippen LogP contribution in [0.5, 0.6) is 11.5 Å². The van der Waals surface area contributed by atoms with Gasteiger partial charge in [-0.25, -0.2) is 4.39 Å². The summed E-state index contributed by atoms with van der Waals surface area (Å²) in [5.41, 5.74) is 0. The fourth-order valence-electron chi connectivity index (χ4n) is 1.51. The number of hydrogen-bond donors (Lipinski definition) is 0. The molecule has 0 aliphatic heterocycles. The van der Waals surface area contributed by atoms with Crippen LogP contribution in [0.25, 0.3) is 0 Å². The quantitative estimate of drug-likeness (QED) is 0.724. The van der Waals surface area contributed by atoms with E-state index in [1.165, 1.54) is 12.1 Å². The SMILES string of the molecule is Fc1cccc(OCCCOc2ccccc2)c1. The first kappa shape index (κ1) is 12.4. The summed E-state index contributed by atoms with van der Waals surface area (Å²) in [6.45, 7) is 1.09. The molecular formula is C15H15FO2. The lowest BCUT2D eigenvalue weighted by atomic mass is 10.3. The second-order valence-corrected chi connectivity index (χ2v) is 3.82. The maximum Gasteiger partial charge on any atom is 0.126 e. The largest absolute Gasteiger partial charge is 0.493 e. The minimum atomic E-state index is -0.284. The molecule has 0 aromatic heterocycles. The summed E-state index contributed by atoms with van der Waals surface area (Å²) in [6.07, 6.45) is 0.755. The third kappa shape index (κ3) is 4.09. The summed E-state index contributed by atoms with van der Waals surface area (Å²) in [5, 5.41) is 0. The molecule has 0 saturated carbocycles. The minimum absolute atomic E-state index is 0.284. The van der Waals surface area contributed by atoms with Crippen LogP contribution in [0.2, 0.25) is 0 Å². The molecule has 0 aliphatic rings. The van der Waals surface area contributed by atoms with Crippen molar-refractivity contribution in [3.05, 3.63) is 60.4 Å². The van der Waals surface area contributed by atoms with E-state index in [2.05, 4.69) is 0 Å². The Hall–Kier alpha value is -2.03. The zero-order valence-electron chi connectivity index (χ0n) is 10.0. The van der Waals surface area contributed by atoms with Gasteiger partial charge in [0.2, 0.25) is 0 Å². The monoisotopic (exact) mass is 246 g/mol. The van der Waals surface area contributed by atoms with Crippen molar-refractivity contribution in [2.45, 2.75) is 6.42 Å². The number of ether oxygens (including phenoxy) is 2. The van der Waals surface area contributed by atoms with Crippen molar-refractivity contribution < 1.29 is 13.9 Å². The molecule has 0 radical (unpaired) electrons. The molecule has 0 atom stereocenters. The van der Waals surface area contributed by atoms with Gasteiger partial charge in [-0.2, -0.15) is 0 Å². The summed E-state index contributed by atoms with van der Waals surface area (Å²) in [4.78, 5) is 0. The summed E-state index contributed by atoms with van der Waals surface area (Å²) < 4.78 is 23.8. The third-order valence-corrected chi connectivity index (χ3v) is 2.37. The highest BCUT2D eigenvalue weighted by molar-refractivity contribution is 5.22. The maximum absolute atomic E-state index is 12.9. The van der Waals surface area contributed by atoms with E-state index in [9.17, 15) is 4.39 Å². The zero-order chi connectivity index (χ0) is 12.6. The molecule has 0 aliphatic carbocycles. The van der Waals surface area contributed by atoms with Gasteiger partial charge in [0.1, 0.15) is 17.3 Å². The second-order valence-electron chi connectivity index (χ2n) is 3.82. The second kappa shape index (κ2) is 6.64. The summed E-state index contributed by atoms with van der Waals surface area (Å²) in [6, 6.07) is 15.8. The van der Waals surface area contributed by atoms with Crippen molar-refractivity contribution in [1.29, 1.82) is 0 Å². The standard InChI is InChI=1S/C15H15FO2/c16-13-6-4-9-15(12-13)18-11-5-10-17-14-7-2-1-3-8-14/h1-4,6-9,12H,5,10-11H2. The van der Waals surface area contributed by atoms with Crippen LogP contribution >= 0.6 is 0 Å². The van der Waals surface area contributed by atoms with E-state index in [1.54, 1.807) is 12.1 Å². The van der Waals surface area contributed by atoms with Gasteiger partial charge in [-0.15, -0.1) is 0 Å². The summed E-state index contributed by atoms with van der Waals surface area (Å²) in [5.74, 6) is 1.12. The van der Waals surface area contributed by atoms with E-state index in [0.29, 0.717) is 19.0 Å². The van der Waals surface area contributed by atoms with Crippen LogP contribution in [-0.4, -0.2) is 13.2 Å². The molecule has 2 rings (SSSR count). The molecule has 0 saturated heterocycles. The van der Waals surface area contributed by atoms with Crippen molar-refractivity contribution >= 4 is 0 Å². The lowest BCUT2D eigenvalue weighted by molar-refractivity contribution is 0.247. The first-order valence-corrected chi connectivity index (χ1v) is 5.91. The molecule has 0 bridgehead atoms. The highest BCUT2D eigenvalue weighted by atomic mass is 19.1. The molecule has 3 heteroatoms. The first-order valence-electron chi connectivity index (χ1n) is 5.91. The Balaban J connectivity index is 1.65. The number of hydrogen-bond acceptors (Lipinski definition) is 2. The van der Waals surface area contributed by atoms with Gasteiger partial charge in [-0.3, -0.25) is 0 Å². The Labute approximate surface area is 106 Å². The van der Waals surface area contributed by atoms with Gasteiger partial charge in [-0.05, 0) is 24.3 Å². The molecule has 0 N–H and O–H groups in total. The van der Waals surface area contributed by atoms with Crippen molar-refractivity contribution in [1.82, 2.24) is 0 Å². The topological polar surface area (TPSA) is 18.5 Å². The average molecular weight is 246 g/mol. The number of rotatable bonds is 6. The van der Waals surface area contributed by atoms with E-state index >= 15 is 0 Å². The Morgan fingerprint density at radius 1 is 0.778 bits per heavy atom. The van der Waals surface area contributed by atoms with Crippen molar-refractivity contribution in [2.24, 2.45) is 0 Å². The highest BCUT2D eigenvalue weighted by Crippen LogP contribution is 2.12. The highest BCUT2D eigenvalue weighted by Gasteiger charge is 1.96. The fourth-order valence-corrected chi connectivity index (χ4v) is 1.51. The van der Waals surface area contributed by atoms with Crippen molar-refractivity contribution in [3.8, 4) is 11.5 Å². The Morgan fingerprint density at radius 3 is 2.17 bits per heavy atom. The van der Waals surface area contributed by atoms with Crippen molar-refractivity contribution in [2.75, 3.05) is 13.2 Å². The molecule has 94 valence electrons. The average Bonchev–Trinajstić information content (AvgIpc) is 2.40. The normalized spacial score (nSPS) is 10.1. The lowest BCUT2D eigenvalue weighted by Gasteiger charge is -2.07. The van der Waals surface area contributed by atoms with E-state index < -0.39 is 0 Å². The van der Waals surface area contributed by atoms with Gasteiger partial charge in [0.25, 0.3) is 0 Å². The third-order valence-electron chi connectivity index (χ3n) is 2.37. The fraction of sp³-hybridized carbons (Fsp3) is 0.200. The lowest BCUT2D eigenvalue weighted by Crippen LogP contribution is -2.04. The summed E-state index contributed by atoms with van der Waals surface area (Å²) >= 11 is 0. The number of halogens is 1. The minimum Gasteiger partial charge on any atom is -0.493 e. The van der Waals surface area contributed by atoms with Gasteiger partial charge in [0, 0.05) is 12.5 Å². The molecule has 2 nitrogen and oxygen atoms in total. The van der Waals surface area contributed by atoms with E-state index in [1.807, 2.05) is 30.3 Å². The van der Waals surface area contributed by atoms with Gasteiger partial charge in [-0.1, -0.05) is 24.3 Å². The molecule has 0 amide bonds. The van der Waals surface area contributed by atoms with Crippen molar-refractivity contribution in [3.63, 3.8) is 0 Å². The Kier molecular flexibility index (Phi) is 4.59. The van der Waals surface area contributed by atoms with Gasteiger partial charge < -0.3 is 9.47 Å². The first-order chi connectivity index (χ1) is 8.84. The zero-order valence-corrected chi connectivity index (χ0v) is 10.0. The molecule has 0 unspecified atom stereocenters. The van der Waals surface area contributed by atoms with Gasteiger partial charge >= 0.3 is 0 Å². The van der Waals surface area contributed by atoms with Gasteiger partial charge in [0.05, 0.1) is 13.2 Å². The van der Waals surface area contributed by atoms with E-state index in [-0.39, 0.29) is 5.82 Å². The Bertz CT molecular complexity index is 471. The molecule has 0 spiro atoms. The predicted octanol–water partition coefficient (Wildman–Crippen LogP) is 3.67. The van der Waals surface area contributed by atoms with Crippen LogP contribution < -0.4 is 9.47 Å². The molecular weight excluding hydrogens is 231 g/mol. The predicted molar refractivity (Wildman–Crippen MR) is 68.4 cm³/mol. The van der Waals surface area contributed by atoms with E-state index in [0.717, 1.165) is 12.2 Å². The van der Waals surface area contributed by atoms with Crippen LogP contribution in [0.1, 0.15) is 6.42 Å². The van der Waals surface area contributed by atoms with Gasteiger partial charge in [0.15, 0.2) is 0 Å². The molecule has 2 aromatic rings.